The predicted molar refractivity (Wildman–Crippen MR) is 149 cm³/mol. The number of aromatic nitrogens is 1. The Morgan fingerprint density at radius 2 is 1.45 bits per heavy atom. The molecule has 0 atom stereocenters. The standard InChI is InChI=1S/C32H33N3O5/c1-17-5-3-7-23-21(17)13-14-22-18(2)6-4-8-24(22)27(23)35-16-33(26(19-9-10-19)20-11-12-20)31(38)28-30(37)29(36)25(32(39)40)15-34(28)35/h3-8,15,19-20,26-27,37H,9-14,16H2,1-2H3,(H,39,40). The monoisotopic (exact) mass is 539 g/mol. The van der Waals surface area contributed by atoms with E-state index in [2.05, 4.69) is 38.1 Å². The number of pyridine rings is 1. The zero-order valence-electron chi connectivity index (χ0n) is 22.8. The van der Waals surface area contributed by atoms with Crippen molar-refractivity contribution in [3.05, 3.63) is 97.5 Å². The average Bonchev–Trinajstić information content (AvgIpc) is 3.83. The van der Waals surface area contributed by atoms with Crippen LogP contribution in [0.25, 0.3) is 0 Å². The summed E-state index contributed by atoms with van der Waals surface area (Å²) in [6, 6.07) is 12.2. The lowest BCUT2D eigenvalue weighted by atomic mass is 9.91. The number of amides is 1. The van der Waals surface area contributed by atoms with Gasteiger partial charge in [-0.2, -0.15) is 0 Å². The van der Waals surface area contributed by atoms with Gasteiger partial charge in [-0.1, -0.05) is 36.4 Å². The molecule has 0 radical (unpaired) electrons. The largest absolute Gasteiger partial charge is 0.502 e. The quantitative estimate of drug-likeness (QED) is 0.501. The molecule has 1 aromatic heterocycles. The second kappa shape index (κ2) is 8.98. The molecule has 206 valence electrons. The first-order valence-electron chi connectivity index (χ1n) is 14.2. The first-order chi connectivity index (χ1) is 19.3. The number of aromatic carboxylic acids is 1. The minimum Gasteiger partial charge on any atom is -0.502 e. The van der Waals surface area contributed by atoms with Gasteiger partial charge in [-0.25, -0.2) is 4.79 Å². The Morgan fingerprint density at radius 3 is 1.95 bits per heavy atom. The van der Waals surface area contributed by atoms with E-state index in [9.17, 15) is 24.6 Å². The smallest absolute Gasteiger partial charge is 0.341 e. The number of fused-ring (bicyclic) bond motifs is 3. The van der Waals surface area contributed by atoms with Gasteiger partial charge < -0.3 is 15.1 Å². The molecule has 2 N–H and O–H groups in total. The van der Waals surface area contributed by atoms with Crippen LogP contribution in [0, 0.1) is 25.7 Å². The normalized spacial score (nSPS) is 18.8. The molecule has 8 heteroatoms. The maximum absolute atomic E-state index is 14.1. The number of carbonyl (C=O) groups excluding carboxylic acids is 1. The van der Waals surface area contributed by atoms with Crippen LogP contribution in [0.2, 0.25) is 0 Å². The number of carboxylic acid groups (broad SMARTS) is 1. The van der Waals surface area contributed by atoms with Crippen LogP contribution in [0.5, 0.6) is 5.75 Å². The van der Waals surface area contributed by atoms with Crippen LogP contribution in [0.4, 0.5) is 0 Å². The van der Waals surface area contributed by atoms with Crippen molar-refractivity contribution in [3.8, 4) is 5.75 Å². The highest BCUT2D eigenvalue weighted by atomic mass is 16.4. The first-order valence-corrected chi connectivity index (χ1v) is 14.2. The van der Waals surface area contributed by atoms with Crippen LogP contribution in [0.3, 0.4) is 0 Å². The van der Waals surface area contributed by atoms with Crippen LogP contribution in [-0.4, -0.2) is 44.4 Å². The summed E-state index contributed by atoms with van der Waals surface area (Å²) < 4.78 is 1.46. The third-order valence-electron chi connectivity index (χ3n) is 9.41. The van der Waals surface area contributed by atoms with Crippen molar-refractivity contribution in [2.45, 2.75) is 64.5 Å². The van der Waals surface area contributed by atoms with Crippen molar-refractivity contribution in [1.82, 2.24) is 9.58 Å². The minimum atomic E-state index is -1.44. The topological polar surface area (TPSA) is 103 Å². The molecule has 2 aromatic carbocycles. The van der Waals surface area contributed by atoms with Crippen molar-refractivity contribution < 1.29 is 19.8 Å². The third-order valence-corrected chi connectivity index (χ3v) is 9.41. The SMILES string of the molecule is Cc1cccc2c1CCc1c(C)cccc1C2N1CN(C(C2CC2)C2CC2)C(=O)c2c(O)c(=O)c(C(=O)O)cn21. The van der Waals surface area contributed by atoms with Gasteiger partial charge in [0.25, 0.3) is 5.91 Å². The van der Waals surface area contributed by atoms with E-state index in [1.54, 1.807) is 0 Å². The number of aromatic hydroxyl groups is 1. The summed E-state index contributed by atoms with van der Waals surface area (Å²) >= 11 is 0. The van der Waals surface area contributed by atoms with E-state index in [0.717, 1.165) is 49.7 Å². The average molecular weight is 540 g/mol. The van der Waals surface area contributed by atoms with E-state index >= 15 is 0 Å². The number of benzene rings is 2. The molecule has 2 saturated carbocycles. The van der Waals surface area contributed by atoms with Crippen LogP contribution in [-0.2, 0) is 12.8 Å². The summed E-state index contributed by atoms with van der Waals surface area (Å²) in [5.74, 6) is -1.82. The van der Waals surface area contributed by atoms with Crippen LogP contribution < -0.4 is 10.4 Å². The number of hydrogen-bond acceptors (Lipinski definition) is 5. The molecule has 0 bridgehead atoms. The number of carbonyl (C=O) groups is 2. The van der Waals surface area contributed by atoms with Crippen molar-refractivity contribution in [3.63, 3.8) is 0 Å². The third kappa shape index (κ3) is 3.76. The minimum absolute atomic E-state index is 0.0390. The summed E-state index contributed by atoms with van der Waals surface area (Å²) in [5, 5.41) is 23.0. The second-order valence-corrected chi connectivity index (χ2v) is 11.9. The molecule has 2 fully saturated rings. The van der Waals surface area contributed by atoms with Crippen molar-refractivity contribution in [1.29, 1.82) is 0 Å². The van der Waals surface area contributed by atoms with Gasteiger partial charge in [0.1, 0.15) is 12.2 Å². The number of hydrogen-bond donors (Lipinski definition) is 2. The van der Waals surface area contributed by atoms with Crippen LogP contribution in [0.1, 0.15) is 86.0 Å². The Labute approximate surface area is 232 Å². The van der Waals surface area contributed by atoms with E-state index < -0.39 is 28.6 Å². The Hall–Kier alpha value is -4.07. The maximum atomic E-state index is 14.1. The molecule has 0 saturated heterocycles. The van der Waals surface area contributed by atoms with E-state index in [1.165, 1.54) is 33.1 Å². The van der Waals surface area contributed by atoms with Crippen molar-refractivity contribution in [2.24, 2.45) is 11.8 Å². The van der Waals surface area contributed by atoms with Crippen LogP contribution >= 0.6 is 0 Å². The zero-order chi connectivity index (χ0) is 27.9. The highest BCUT2D eigenvalue weighted by Gasteiger charge is 2.50. The summed E-state index contributed by atoms with van der Waals surface area (Å²) in [5.41, 5.74) is 5.27. The van der Waals surface area contributed by atoms with E-state index in [-0.39, 0.29) is 24.4 Å². The summed E-state index contributed by atoms with van der Waals surface area (Å²) in [4.78, 5) is 41.0. The molecule has 0 spiro atoms. The summed E-state index contributed by atoms with van der Waals surface area (Å²) in [6.45, 7) is 4.45. The van der Waals surface area contributed by atoms with Gasteiger partial charge >= 0.3 is 5.97 Å². The Morgan fingerprint density at radius 1 is 0.900 bits per heavy atom. The van der Waals surface area contributed by atoms with E-state index in [1.807, 2.05) is 22.0 Å². The molecule has 0 unspecified atom stereocenters. The second-order valence-electron chi connectivity index (χ2n) is 11.9. The van der Waals surface area contributed by atoms with Gasteiger partial charge in [0.2, 0.25) is 5.43 Å². The van der Waals surface area contributed by atoms with Gasteiger partial charge in [-0.3, -0.25) is 19.3 Å². The van der Waals surface area contributed by atoms with Crippen molar-refractivity contribution in [2.75, 3.05) is 11.7 Å². The van der Waals surface area contributed by atoms with Gasteiger partial charge in [0, 0.05) is 12.2 Å². The lowest BCUT2D eigenvalue weighted by Gasteiger charge is -2.47. The molecule has 1 aliphatic heterocycles. The molecular weight excluding hydrogens is 506 g/mol. The molecule has 40 heavy (non-hydrogen) atoms. The molecule has 3 aliphatic carbocycles. The van der Waals surface area contributed by atoms with Gasteiger partial charge in [-0.05, 0) is 97.6 Å². The predicted octanol–water partition coefficient (Wildman–Crippen LogP) is 4.30. The van der Waals surface area contributed by atoms with Gasteiger partial charge in [-0.15, -0.1) is 0 Å². The lowest BCUT2D eigenvalue weighted by molar-refractivity contribution is 0.0526. The Bertz CT molecular complexity index is 1570. The van der Waals surface area contributed by atoms with Gasteiger partial charge in [0.05, 0.1) is 6.04 Å². The fourth-order valence-electron chi connectivity index (χ4n) is 7.16. The maximum Gasteiger partial charge on any atom is 0.341 e. The molecule has 8 nitrogen and oxygen atoms in total. The number of nitrogens with zero attached hydrogens (tertiary/aromatic N) is 3. The summed E-state index contributed by atoms with van der Waals surface area (Å²) in [6.07, 6.45) is 7.22. The number of aryl methyl sites for hydroxylation is 2. The number of rotatable bonds is 5. The van der Waals surface area contributed by atoms with E-state index in [0.29, 0.717) is 11.8 Å². The highest BCUT2D eigenvalue weighted by molar-refractivity contribution is 5.98. The van der Waals surface area contributed by atoms with Crippen LogP contribution in [0.15, 0.2) is 47.4 Å². The number of carboxylic acids is 1. The van der Waals surface area contributed by atoms with E-state index in [4.69, 9.17) is 0 Å². The Kier molecular flexibility index (Phi) is 5.60. The first kappa shape index (κ1) is 24.9. The molecule has 4 aliphatic rings. The zero-order valence-corrected chi connectivity index (χ0v) is 22.8. The lowest BCUT2D eigenvalue weighted by Crippen LogP contribution is -2.59. The molecule has 1 amide bonds. The molecule has 3 aromatic rings. The fourth-order valence-corrected chi connectivity index (χ4v) is 7.16. The molecule has 7 rings (SSSR count). The molecular formula is C32H33N3O5. The summed E-state index contributed by atoms with van der Waals surface area (Å²) in [7, 11) is 0. The highest BCUT2D eigenvalue weighted by Crippen LogP contribution is 2.49. The molecule has 2 heterocycles. The van der Waals surface area contributed by atoms with Gasteiger partial charge in [0.15, 0.2) is 11.4 Å². The van der Waals surface area contributed by atoms with Crippen molar-refractivity contribution >= 4 is 11.9 Å². The Balaban J connectivity index is 1.51. The fraction of sp³-hybridized carbons (Fsp3) is 0.406.